The topological polar surface area (TPSA) is 29.1 Å². The Morgan fingerprint density at radius 2 is 2.17 bits per heavy atom. The number of halogens is 1. The Hall–Kier alpha value is -0.350. The highest BCUT2D eigenvalue weighted by atomic mass is 79.9. The molecule has 1 heterocycles. The van der Waals surface area contributed by atoms with Gasteiger partial charge in [-0.25, -0.2) is 0 Å². The quantitative estimate of drug-likeness (QED) is 0.803. The molecule has 102 valence electrons. The van der Waals surface area contributed by atoms with E-state index in [0.717, 1.165) is 23.3 Å². The van der Waals surface area contributed by atoms with Crippen LogP contribution in [0.15, 0.2) is 11.4 Å². The number of rotatable bonds is 5. The van der Waals surface area contributed by atoms with Gasteiger partial charge in [-0.15, -0.1) is 11.3 Å². The lowest BCUT2D eigenvalue weighted by Gasteiger charge is -2.22. The fourth-order valence-corrected chi connectivity index (χ4v) is 3.88. The first-order valence-corrected chi connectivity index (χ1v) is 8.11. The Labute approximate surface area is 122 Å². The Morgan fingerprint density at radius 3 is 2.72 bits per heavy atom. The molecular formula is C14H22BrNOS. The first-order chi connectivity index (χ1) is 8.33. The fourth-order valence-electron chi connectivity index (χ4n) is 1.83. The van der Waals surface area contributed by atoms with E-state index in [4.69, 9.17) is 0 Å². The molecule has 1 atom stereocenters. The summed E-state index contributed by atoms with van der Waals surface area (Å²) in [5, 5.41) is 4.99. The van der Waals surface area contributed by atoms with Gasteiger partial charge in [0.25, 0.3) is 5.91 Å². The van der Waals surface area contributed by atoms with E-state index >= 15 is 0 Å². The number of alkyl halides is 1. The van der Waals surface area contributed by atoms with Crippen molar-refractivity contribution in [2.45, 2.75) is 45.4 Å². The van der Waals surface area contributed by atoms with Crippen LogP contribution in [-0.4, -0.2) is 17.3 Å². The lowest BCUT2D eigenvalue weighted by atomic mass is 9.90. The number of aryl methyl sites for hydroxylation is 1. The Balaban J connectivity index is 2.47. The number of carbonyl (C=O) groups is 1. The largest absolute Gasteiger partial charge is 0.350 e. The molecule has 0 aliphatic heterocycles. The lowest BCUT2D eigenvalue weighted by Crippen LogP contribution is -2.31. The molecule has 0 saturated carbocycles. The molecule has 18 heavy (non-hydrogen) atoms. The standard InChI is InChI=1S/C14H22BrNOS/c1-5-10-6-7-18-12(10)13(17)16-9-11(15)8-14(2,3)4/h6-7,11H,5,8-9H2,1-4H3,(H,16,17). The summed E-state index contributed by atoms with van der Waals surface area (Å²) in [7, 11) is 0. The van der Waals surface area contributed by atoms with Crippen LogP contribution in [0.2, 0.25) is 0 Å². The highest BCUT2D eigenvalue weighted by Crippen LogP contribution is 2.24. The minimum Gasteiger partial charge on any atom is -0.350 e. The van der Waals surface area contributed by atoms with Crippen molar-refractivity contribution in [1.29, 1.82) is 0 Å². The molecule has 0 saturated heterocycles. The zero-order chi connectivity index (χ0) is 13.8. The van der Waals surface area contributed by atoms with Crippen LogP contribution in [0.5, 0.6) is 0 Å². The zero-order valence-electron chi connectivity index (χ0n) is 11.5. The van der Waals surface area contributed by atoms with Gasteiger partial charge in [0.05, 0.1) is 4.88 Å². The van der Waals surface area contributed by atoms with Crippen molar-refractivity contribution >= 4 is 33.2 Å². The van der Waals surface area contributed by atoms with Crippen molar-refractivity contribution < 1.29 is 4.79 Å². The fraction of sp³-hybridized carbons (Fsp3) is 0.643. The summed E-state index contributed by atoms with van der Waals surface area (Å²) in [4.78, 5) is 13.2. The van der Waals surface area contributed by atoms with Gasteiger partial charge in [0.15, 0.2) is 0 Å². The van der Waals surface area contributed by atoms with Gasteiger partial charge in [0.1, 0.15) is 0 Å². The zero-order valence-corrected chi connectivity index (χ0v) is 14.0. The van der Waals surface area contributed by atoms with Crippen LogP contribution in [0.4, 0.5) is 0 Å². The maximum Gasteiger partial charge on any atom is 0.261 e. The third-order valence-electron chi connectivity index (χ3n) is 2.65. The van der Waals surface area contributed by atoms with Crippen molar-refractivity contribution in [2.24, 2.45) is 5.41 Å². The molecule has 0 aliphatic rings. The molecule has 1 rings (SSSR count). The summed E-state index contributed by atoms with van der Waals surface area (Å²) >= 11 is 5.15. The smallest absolute Gasteiger partial charge is 0.261 e. The van der Waals surface area contributed by atoms with Gasteiger partial charge in [0, 0.05) is 11.4 Å². The summed E-state index contributed by atoms with van der Waals surface area (Å²) in [5.41, 5.74) is 1.41. The van der Waals surface area contributed by atoms with Gasteiger partial charge in [-0.2, -0.15) is 0 Å². The average molecular weight is 332 g/mol. The Morgan fingerprint density at radius 1 is 1.50 bits per heavy atom. The Bertz CT molecular complexity index is 395. The maximum absolute atomic E-state index is 12.0. The molecule has 0 aromatic carbocycles. The second-order valence-corrected chi connectivity index (χ2v) is 7.91. The number of carbonyl (C=O) groups excluding carboxylic acids is 1. The highest BCUT2D eigenvalue weighted by molar-refractivity contribution is 9.09. The van der Waals surface area contributed by atoms with Crippen LogP contribution < -0.4 is 5.32 Å². The summed E-state index contributed by atoms with van der Waals surface area (Å²) in [6.45, 7) is 9.37. The molecule has 1 N–H and O–H groups in total. The molecule has 1 aromatic rings. The van der Waals surface area contributed by atoms with E-state index in [1.807, 2.05) is 11.4 Å². The van der Waals surface area contributed by atoms with Crippen molar-refractivity contribution in [3.05, 3.63) is 21.9 Å². The van der Waals surface area contributed by atoms with Crippen LogP contribution in [0.3, 0.4) is 0 Å². The monoisotopic (exact) mass is 331 g/mol. The van der Waals surface area contributed by atoms with Crippen molar-refractivity contribution in [3.63, 3.8) is 0 Å². The van der Waals surface area contributed by atoms with E-state index in [1.54, 1.807) is 0 Å². The number of thiophene rings is 1. The van der Waals surface area contributed by atoms with Gasteiger partial charge in [-0.05, 0) is 35.3 Å². The molecule has 0 bridgehead atoms. The number of hydrogen-bond donors (Lipinski definition) is 1. The minimum absolute atomic E-state index is 0.0557. The predicted molar refractivity (Wildman–Crippen MR) is 82.8 cm³/mol. The van der Waals surface area contributed by atoms with Crippen LogP contribution in [0.1, 0.15) is 49.4 Å². The van der Waals surface area contributed by atoms with Crippen LogP contribution >= 0.6 is 27.3 Å². The van der Waals surface area contributed by atoms with Gasteiger partial charge in [0.2, 0.25) is 0 Å². The van der Waals surface area contributed by atoms with E-state index in [2.05, 4.69) is 48.9 Å². The first-order valence-electron chi connectivity index (χ1n) is 6.32. The summed E-state index contributed by atoms with van der Waals surface area (Å²) in [6.07, 6.45) is 1.95. The highest BCUT2D eigenvalue weighted by Gasteiger charge is 2.18. The van der Waals surface area contributed by atoms with E-state index in [9.17, 15) is 4.79 Å². The van der Waals surface area contributed by atoms with E-state index in [1.165, 1.54) is 11.3 Å². The lowest BCUT2D eigenvalue weighted by molar-refractivity contribution is 0.0955. The molecule has 1 unspecified atom stereocenters. The number of nitrogens with one attached hydrogen (secondary N) is 1. The second-order valence-electron chi connectivity index (χ2n) is 5.70. The second kappa shape index (κ2) is 6.71. The normalized spacial score (nSPS) is 13.4. The molecule has 2 nitrogen and oxygen atoms in total. The van der Waals surface area contributed by atoms with E-state index in [0.29, 0.717) is 11.4 Å². The molecule has 1 amide bonds. The third kappa shape index (κ3) is 5.11. The predicted octanol–water partition coefficient (Wildman–Crippen LogP) is 4.24. The average Bonchev–Trinajstić information content (AvgIpc) is 2.71. The van der Waals surface area contributed by atoms with Gasteiger partial charge in [-0.1, -0.05) is 43.6 Å². The first kappa shape index (κ1) is 15.7. The molecular weight excluding hydrogens is 310 g/mol. The molecule has 4 heteroatoms. The van der Waals surface area contributed by atoms with Gasteiger partial charge < -0.3 is 5.32 Å². The molecule has 0 radical (unpaired) electrons. The van der Waals surface area contributed by atoms with Gasteiger partial charge in [-0.3, -0.25) is 4.79 Å². The summed E-state index contributed by atoms with van der Waals surface area (Å²) in [6, 6.07) is 2.03. The number of hydrogen-bond acceptors (Lipinski definition) is 2. The minimum atomic E-state index is 0.0557. The molecule has 0 aliphatic carbocycles. The third-order valence-corrected chi connectivity index (χ3v) is 4.25. The summed E-state index contributed by atoms with van der Waals surface area (Å²) in [5.74, 6) is 0.0557. The molecule has 0 fully saturated rings. The maximum atomic E-state index is 12.0. The molecule has 1 aromatic heterocycles. The van der Waals surface area contributed by atoms with Crippen molar-refractivity contribution in [3.8, 4) is 0 Å². The number of amides is 1. The molecule has 0 spiro atoms. The van der Waals surface area contributed by atoms with Crippen LogP contribution in [0.25, 0.3) is 0 Å². The van der Waals surface area contributed by atoms with Crippen molar-refractivity contribution in [1.82, 2.24) is 5.32 Å². The SMILES string of the molecule is CCc1ccsc1C(=O)NCC(Br)CC(C)(C)C. The van der Waals surface area contributed by atoms with Crippen LogP contribution in [0, 0.1) is 5.41 Å². The van der Waals surface area contributed by atoms with Crippen LogP contribution in [-0.2, 0) is 6.42 Å². The van der Waals surface area contributed by atoms with E-state index in [-0.39, 0.29) is 11.3 Å². The summed E-state index contributed by atoms with van der Waals surface area (Å²) < 4.78 is 0. The van der Waals surface area contributed by atoms with Gasteiger partial charge >= 0.3 is 0 Å². The van der Waals surface area contributed by atoms with E-state index < -0.39 is 0 Å². The van der Waals surface area contributed by atoms with Crippen molar-refractivity contribution in [2.75, 3.05) is 6.54 Å². The Kier molecular flexibility index (Phi) is 5.86.